The molecule has 2 heterocycles. The van der Waals surface area contributed by atoms with Gasteiger partial charge in [0, 0.05) is 11.3 Å². The zero-order valence-corrected chi connectivity index (χ0v) is 13.6. The van der Waals surface area contributed by atoms with Crippen molar-refractivity contribution in [3.8, 4) is 0 Å². The molecule has 1 atom stereocenters. The smallest absolute Gasteiger partial charge is 0.255 e. The standard InChI is InChI=1S/C17H23N3O2/c1-11-12(8-9-22-11)16(21)19-14-6-5-7-15-13(14)10-18-20(15)17(2,3)4/h8-10,14H,5-7H2,1-4H3,(H,19,21). The van der Waals surface area contributed by atoms with Crippen LogP contribution in [0.4, 0.5) is 0 Å². The van der Waals surface area contributed by atoms with E-state index < -0.39 is 0 Å². The van der Waals surface area contributed by atoms with Gasteiger partial charge < -0.3 is 9.73 Å². The summed E-state index contributed by atoms with van der Waals surface area (Å²) in [6.45, 7) is 8.25. The average molecular weight is 301 g/mol. The normalized spacial score (nSPS) is 18.1. The number of amides is 1. The molecule has 1 amide bonds. The van der Waals surface area contributed by atoms with Gasteiger partial charge in [-0.05, 0) is 53.0 Å². The SMILES string of the molecule is Cc1occc1C(=O)NC1CCCc2c1cnn2C(C)(C)C. The van der Waals surface area contributed by atoms with Crippen molar-refractivity contribution in [3.05, 3.63) is 41.1 Å². The Morgan fingerprint density at radius 2 is 2.23 bits per heavy atom. The first-order valence-corrected chi connectivity index (χ1v) is 7.80. The van der Waals surface area contributed by atoms with Crippen LogP contribution in [0.5, 0.6) is 0 Å². The number of carbonyl (C=O) groups excluding carboxylic acids is 1. The van der Waals surface area contributed by atoms with Crippen LogP contribution in [0, 0.1) is 6.92 Å². The van der Waals surface area contributed by atoms with Crippen LogP contribution >= 0.6 is 0 Å². The van der Waals surface area contributed by atoms with Crippen molar-refractivity contribution < 1.29 is 9.21 Å². The molecule has 1 aliphatic rings. The average Bonchev–Trinajstić information content (AvgIpc) is 3.04. The maximum absolute atomic E-state index is 12.4. The highest BCUT2D eigenvalue weighted by Crippen LogP contribution is 2.32. The van der Waals surface area contributed by atoms with E-state index in [1.165, 1.54) is 5.69 Å². The minimum atomic E-state index is -0.0763. The Bertz CT molecular complexity index is 691. The Balaban J connectivity index is 1.85. The van der Waals surface area contributed by atoms with Gasteiger partial charge in [0.15, 0.2) is 0 Å². The molecule has 0 aromatic carbocycles. The van der Waals surface area contributed by atoms with E-state index in [1.54, 1.807) is 19.3 Å². The van der Waals surface area contributed by atoms with Crippen LogP contribution in [0.25, 0.3) is 0 Å². The van der Waals surface area contributed by atoms with Gasteiger partial charge in [-0.15, -0.1) is 0 Å². The van der Waals surface area contributed by atoms with Gasteiger partial charge in [0.05, 0.1) is 29.6 Å². The van der Waals surface area contributed by atoms with Gasteiger partial charge in [-0.25, -0.2) is 0 Å². The maximum atomic E-state index is 12.4. The summed E-state index contributed by atoms with van der Waals surface area (Å²) in [5.74, 6) is 0.575. The predicted molar refractivity (Wildman–Crippen MR) is 83.8 cm³/mol. The van der Waals surface area contributed by atoms with E-state index in [0.717, 1.165) is 24.8 Å². The number of hydrogen-bond donors (Lipinski definition) is 1. The molecule has 5 heteroatoms. The number of hydrogen-bond acceptors (Lipinski definition) is 3. The quantitative estimate of drug-likeness (QED) is 0.925. The summed E-state index contributed by atoms with van der Waals surface area (Å²) < 4.78 is 7.30. The predicted octanol–water partition coefficient (Wildman–Crippen LogP) is 3.35. The van der Waals surface area contributed by atoms with Crippen LogP contribution in [0.15, 0.2) is 22.9 Å². The van der Waals surface area contributed by atoms with Crippen LogP contribution in [0.2, 0.25) is 0 Å². The van der Waals surface area contributed by atoms with Gasteiger partial charge in [-0.2, -0.15) is 5.10 Å². The van der Waals surface area contributed by atoms with Gasteiger partial charge >= 0.3 is 0 Å². The monoisotopic (exact) mass is 301 g/mol. The first-order chi connectivity index (χ1) is 10.4. The molecule has 0 saturated carbocycles. The van der Waals surface area contributed by atoms with Crippen LogP contribution in [-0.4, -0.2) is 15.7 Å². The van der Waals surface area contributed by atoms with Crippen molar-refractivity contribution >= 4 is 5.91 Å². The van der Waals surface area contributed by atoms with Crippen molar-refractivity contribution in [2.24, 2.45) is 0 Å². The second kappa shape index (κ2) is 5.30. The lowest BCUT2D eigenvalue weighted by Gasteiger charge is -2.28. The molecule has 1 unspecified atom stereocenters. The number of fused-ring (bicyclic) bond motifs is 1. The van der Waals surface area contributed by atoms with E-state index >= 15 is 0 Å². The molecule has 0 saturated heterocycles. The van der Waals surface area contributed by atoms with E-state index in [-0.39, 0.29) is 17.5 Å². The lowest BCUT2D eigenvalue weighted by molar-refractivity contribution is 0.0931. The number of rotatable bonds is 2. The van der Waals surface area contributed by atoms with Gasteiger partial charge in [-0.3, -0.25) is 9.48 Å². The highest BCUT2D eigenvalue weighted by Gasteiger charge is 2.29. The van der Waals surface area contributed by atoms with E-state index in [1.807, 2.05) is 6.20 Å². The van der Waals surface area contributed by atoms with Crippen LogP contribution in [0.3, 0.4) is 0 Å². The lowest BCUT2D eigenvalue weighted by atomic mass is 9.92. The zero-order chi connectivity index (χ0) is 15.9. The largest absolute Gasteiger partial charge is 0.469 e. The molecular formula is C17H23N3O2. The fourth-order valence-corrected chi connectivity index (χ4v) is 3.14. The van der Waals surface area contributed by atoms with Crippen molar-refractivity contribution in [1.82, 2.24) is 15.1 Å². The van der Waals surface area contributed by atoms with E-state index in [2.05, 4.69) is 35.9 Å². The Hall–Kier alpha value is -2.04. The van der Waals surface area contributed by atoms with Crippen LogP contribution < -0.4 is 5.32 Å². The molecule has 0 bridgehead atoms. The summed E-state index contributed by atoms with van der Waals surface area (Å²) in [6, 6.07) is 1.74. The molecule has 2 aromatic heterocycles. The number of nitrogens with one attached hydrogen (secondary N) is 1. The molecule has 118 valence electrons. The highest BCUT2D eigenvalue weighted by molar-refractivity contribution is 5.95. The summed E-state index contributed by atoms with van der Waals surface area (Å²) in [5.41, 5.74) is 2.96. The Labute approximate surface area is 130 Å². The van der Waals surface area contributed by atoms with Gasteiger partial charge in [0.1, 0.15) is 5.76 Å². The summed E-state index contributed by atoms with van der Waals surface area (Å²) >= 11 is 0. The second-order valence-electron chi connectivity index (χ2n) is 6.94. The number of nitrogens with zero attached hydrogens (tertiary/aromatic N) is 2. The summed E-state index contributed by atoms with van der Waals surface area (Å²) in [6.07, 6.45) is 6.49. The van der Waals surface area contributed by atoms with Gasteiger partial charge in [-0.1, -0.05) is 0 Å². The fourth-order valence-electron chi connectivity index (χ4n) is 3.14. The molecule has 0 radical (unpaired) electrons. The van der Waals surface area contributed by atoms with E-state index in [0.29, 0.717) is 11.3 Å². The summed E-state index contributed by atoms with van der Waals surface area (Å²) in [4.78, 5) is 12.4. The Morgan fingerprint density at radius 1 is 1.45 bits per heavy atom. The second-order valence-corrected chi connectivity index (χ2v) is 6.94. The van der Waals surface area contributed by atoms with Crippen molar-refractivity contribution in [2.45, 2.75) is 58.5 Å². The van der Waals surface area contributed by atoms with E-state index in [4.69, 9.17) is 4.42 Å². The lowest BCUT2D eigenvalue weighted by Crippen LogP contribution is -2.32. The number of aromatic nitrogens is 2. The minimum Gasteiger partial charge on any atom is -0.469 e. The third-order valence-electron chi connectivity index (χ3n) is 4.23. The maximum Gasteiger partial charge on any atom is 0.255 e. The van der Waals surface area contributed by atoms with Crippen molar-refractivity contribution in [3.63, 3.8) is 0 Å². The Kier molecular flexibility index (Phi) is 3.59. The Morgan fingerprint density at radius 3 is 2.86 bits per heavy atom. The number of aryl methyl sites for hydroxylation is 1. The topological polar surface area (TPSA) is 60.1 Å². The molecule has 1 N–H and O–H groups in total. The van der Waals surface area contributed by atoms with Crippen molar-refractivity contribution in [1.29, 1.82) is 0 Å². The van der Waals surface area contributed by atoms with E-state index in [9.17, 15) is 4.79 Å². The minimum absolute atomic E-state index is 0.0293. The first-order valence-electron chi connectivity index (χ1n) is 7.80. The molecule has 5 nitrogen and oxygen atoms in total. The highest BCUT2D eigenvalue weighted by atomic mass is 16.3. The van der Waals surface area contributed by atoms with Crippen LogP contribution in [-0.2, 0) is 12.0 Å². The third kappa shape index (κ3) is 2.56. The molecule has 0 aliphatic heterocycles. The number of furan rings is 1. The van der Waals surface area contributed by atoms with Crippen LogP contribution in [0.1, 0.15) is 67.0 Å². The van der Waals surface area contributed by atoms with Gasteiger partial charge in [0.2, 0.25) is 0 Å². The zero-order valence-electron chi connectivity index (χ0n) is 13.6. The molecule has 0 fully saturated rings. The third-order valence-corrected chi connectivity index (χ3v) is 4.23. The summed E-state index contributed by atoms with van der Waals surface area (Å²) in [5, 5.41) is 7.68. The fraction of sp³-hybridized carbons (Fsp3) is 0.529. The first kappa shape index (κ1) is 14.9. The summed E-state index contributed by atoms with van der Waals surface area (Å²) in [7, 11) is 0. The molecule has 0 spiro atoms. The van der Waals surface area contributed by atoms with Gasteiger partial charge in [0.25, 0.3) is 5.91 Å². The van der Waals surface area contributed by atoms with Crippen molar-refractivity contribution in [2.75, 3.05) is 0 Å². The molecule has 3 rings (SSSR count). The molecule has 2 aromatic rings. The molecular weight excluding hydrogens is 278 g/mol. The number of carbonyl (C=O) groups is 1. The molecule has 1 aliphatic carbocycles. The molecule has 22 heavy (non-hydrogen) atoms.